The van der Waals surface area contributed by atoms with E-state index in [0.717, 1.165) is 68.5 Å². The number of hydrogen-bond acceptors (Lipinski definition) is 6. The van der Waals surface area contributed by atoms with Gasteiger partial charge in [-0.15, -0.1) is 0 Å². The van der Waals surface area contributed by atoms with Crippen LogP contribution in [-0.4, -0.2) is 39.0 Å². The molecule has 1 aliphatic heterocycles. The first-order chi connectivity index (χ1) is 14.2. The predicted molar refractivity (Wildman–Crippen MR) is 117 cm³/mol. The molecule has 6 nitrogen and oxygen atoms in total. The maximum Gasteiger partial charge on any atom is 0.226 e. The first-order valence-electron chi connectivity index (χ1n) is 10.7. The number of aromatic nitrogens is 3. The van der Waals surface area contributed by atoms with Crippen LogP contribution in [0.5, 0.6) is 0 Å². The lowest BCUT2D eigenvalue weighted by molar-refractivity contribution is 0.211. The van der Waals surface area contributed by atoms with Gasteiger partial charge in [0.15, 0.2) is 5.65 Å². The molecule has 6 heteroatoms. The number of aryl methyl sites for hydroxylation is 2. The van der Waals surface area contributed by atoms with Crippen molar-refractivity contribution in [3.8, 4) is 0 Å². The maximum absolute atomic E-state index is 6.35. The molecule has 1 aromatic carbocycles. The smallest absolute Gasteiger partial charge is 0.226 e. The van der Waals surface area contributed by atoms with E-state index in [4.69, 9.17) is 15.7 Å². The molecule has 2 aliphatic rings. The molecule has 0 radical (unpaired) electrons. The zero-order valence-electron chi connectivity index (χ0n) is 17.0. The number of fused-ring (bicyclic) bond motifs is 3. The standard InChI is InChI=1S/C23H28N6/c1-15-18-8-5-9-19(18)20-21(24)27-23(28-22(20)25-15)26-17-10-12-29(13-11-17)14-16-6-3-2-4-7-16/h2-4,6-7,17H,5,8-14H2,1H3,(H3,24,25,26,27,28). The molecule has 29 heavy (non-hydrogen) atoms. The topological polar surface area (TPSA) is 80.0 Å². The lowest BCUT2D eigenvalue weighted by atomic mass is 10.0. The number of pyridine rings is 1. The van der Waals surface area contributed by atoms with Gasteiger partial charge in [-0.25, -0.2) is 4.98 Å². The summed E-state index contributed by atoms with van der Waals surface area (Å²) in [6.07, 6.45) is 5.45. The molecule has 1 fully saturated rings. The minimum Gasteiger partial charge on any atom is -0.383 e. The van der Waals surface area contributed by atoms with Crippen molar-refractivity contribution in [1.29, 1.82) is 0 Å². The maximum atomic E-state index is 6.35. The van der Waals surface area contributed by atoms with Gasteiger partial charge in [-0.2, -0.15) is 9.97 Å². The molecule has 0 bridgehead atoms. The normalized spacial score (nSPS) is 17.6. The van der Waals surface area contributed by atoms with E-state index in [2.05, 4.69) is 52.5 Å². The Morgan fingerprint density at radius 3 is 2.59 bits per heavy atom. The molecule has 3 aromatic rings. The quantitative estimate of drug-likeness (QED) is 0.712. The van der Waals surface area contributed by atoms with Crippen LogP contribution >= 0.6 is 0 Å². The Hall–Kier alpha value is -2.73. The van der Waals surface area contributed by atoms with E-state index in [0.29, 0.717) is 17.8 Å². The molecule has 0 atom stereocenters. The van der Waals surface area contributed by atoms with E-state index >= 15 is 0 Å². The summed E-state index contributed by atoms with van der Waals surface area (Å²) in [7, 11) is 0. The van der Waals surface area contributed by atoms with Crippen molar-refractivity contribution in [2.24, 2.45) is 0 Å². The molecule has 2 aromatic heterocycles. The Balaban J connectivity index is 1.28. The number of anilines is 2. The summed E-state index contributed by atoms with van der Waals surface area (Å²) in [5, 5.41) is 4.48. The number of benzene rings is 1. The molecular formula is C23H28N6. The van der Waals surface area contributed by atoms with E-state index in [-0.39, 0.29) is 0 Å². The number of nitrogens with two attached hydrogens (primary N) is 1. The first kappa shape index (κ1) is 18.3. The van der Waals surface area contributed by atoms with Gasteiger partial charge in [-0.3, -0.25) is 4.90 Å². The van der Waals surface area contributed by atoms with Crippen molar-refractivity contribution < 1.29 is 0 Å². The molecule has 1 aliphatic carbocycles. The van der Waals surface area contributed by atoms with Crippen LogP contribution in [0.15, 0.2) is 30.3 Å². The van der Waals surface area contributed by atoms with E-state index in [9.17, 15) is 0 Å². The lowest BCUT2D eigenvalue weighted by Crippen LogP contribution is -2.39. The van der Waals surface area contributed by atoms with Crippen LogP contribution in [0.2, 0.25) is 0 Å². The fourth-order valence-electron chi connectivity index (χ4n) is 4.81. The van der Waals surface area contributed by atoms with E-state index in [1.54, 1.807) is 0 Å². The summed E-state index contributed by atoms with van der Waals surface area (Å²) in [6.45, 7) is 5.24. The van der Waals surface area contributed by atoms with Crippen LogP contribution in [0, 0.1) is 6.92 Å². The minimum atomic E-state index is 0.370. The van der Waals surface area contributed by atoms with Gasteiger partial charge in [0.2, 0.25) is 5.95 Å². The molecule has 5 rings (SSSR count). The van der Waals surface area contributed by atoms with Crippen LogP contribution in [-0.2, 0) is 19.4 Å². The fraction of sp³-hybridized carbons (Fsp3) is 0.435. The molecule has 0 amide bonds. The Morgan fingerprint density at radius 2 is 1.79 bits per heavy atom. The average molecular weight is 389 g/mol. The molecule has 3 N–H and O–H groups in total. The lowest BCUT2D eigenvalue weighted by Gasteiger charge is -2.32. The van der Waals surface area contributed by atoms with Crippen molar-refractivity contribution in [1.82, 2.24) is 19.9 Å². The number of nitrogen functional groups attached to an aromatic ring is 1. The highest BCUT2D eigenvalue weighted by Gasteiger charge is 2.23. The van der Waals surface area contributed by atoms with Gasteiger partial charge in [0.05, 0.1) is 5.39 Å². The molecule has 0 spiro atoms. The van der Waals surface area contributed by atoms with Gasteiger partial charge < -0.3 is 11.1 Å². The van der Waals surface area contributed by atoms with Gasteiger partial charge in [-0.05, 0) is 55.7 Å². The largest absolute Gasteiger partial charge is 0.383 e. The van der Waals surface area contributed by atoms with Crippen LogP contribution in [0.3, 0.4) is 0 Å². The highest BCUT2D eigenvalue weighted by atomic mass is 15.2. The number of rotatable bonds is 4. The SMILES string of the molecule is Cc1nc2nc(NC3CCN(Cc4ccccc4)CC3)nc(N)c2c2c1CCC2. The number of likely N-dealkylation sites (tertiary alicyclic amines) is 1. The highest BCUT2D eigenvalue weighted by Crippen LogP contribution is 2.33. The third-order valence-corrected chi connectivity index (χ3v) is 6.32. The monoisotopic (exact) mass is 388 g/mol. The fourth-order valence-corrected chi connectivity index (χ4v) is 4.81. The molecule has 150 valence electrons. The zero-order valence-corrected chi connectivity index (χ0v) is 17.0. The minimum absolute atomic E-state index is 0.370. The number of nitrogens with one attached hydrogen (secondary N) is 1. The van der Waals surface area contributed by atoms with Crippen molar-refractivity contribution in [2.45, 2.75) is 51.6 Å². The highest BCUT2D eigenvalue weighted by molar-refractivity contribution is 5.91. The van der Waals surface area contributed by atoms with Crippen molar-refractivity contribution in [3.63, 3.8) is 0 Å². The Bertz CT molecular complexity index is 1020. The van der Waals surface area contributed by atoms with Gasteiger partial charge >= 0.3 is 0 Å². The average Bonchev–Trinajstić information content (AvgIpc) is 3.20. The summed E-state index contributed by atoms with van der Waals surface area (Å²) in [5.74, 6) is 1.17. The predicted octanol–water partition coefficient (Wildman–Crippen LogP) is 3.48. The number of hydrogen-bond donors (Lipinski definition) is 2. The third kappa shape index (κ3) is 3.65. The van der Waals surface area contributed by atoms with Crippen molar-refractivity contribution >= 4 is 22.8 Å². The van der Waals surface area contributed by atoms with Gasteiger partial charge in [0, 0.05) is 31.4 Å². The molecule has 0 saturated carbocycles. The number of piperidine rings is 1. The van der Waals surface area contributed by atoms with E-state index in [1.165, 1.54) is 16.7 Å². The second-order valence-electron chi connectivity index (χ2n) is 8.32. The summed E-state index contributed by atoms with van der Waals surface area (Å²) in [6, 6.07) is 11.0. The Labute approximate surface area is 171 Å². The summed E-state index contributed by atoms with van der Waals surface area (Å²) in [4.78, 5) is 16.6. The third-order valence-electron chi connectivity index (χ3n) is 6.32. The van der Waals surface area contributed by atoms with E-state index in [1.807, 2.05) is 0 Å². The Morgan fingerprint density at radius 1 is 1.03 bits per heavy atom. The van der Waals surface area contributed by atoms with Crippen molar-refractivity contribution in [2.75, 3.05) is 24.1 Å². The van der Waals surface area contributed by atoms with Crippen LogP contribution < -0.4 is 11.1 Å². The molecule has 1 saturated heterocycles. The first-order valence-corrected chi connectivity index (χ1v) is 10.7. The van der Waals surface area contributed by atoms with Crippen LogP contribution in [0.1, 0.15) is 41.6 Å². The van der Waals surface area contributed by atoms with Gasteiger partial charge in [-0.1, -0.05) is 30.3 Å². The second-order valence-corrected chi connectivity index (χ2v) is 8.32. The van der Waals surface area contributed by atoms with Crippen molar-refractivity contribution in [3.05, 3.63) is 52.7 Å². The summed E-state index contributed by atoms with van der Waals surface area (Å²) < 4.78 is 0. The molecule has 0 unspecified atom stereocenters. The molecule has 3 heterocycles. The van der Waals surface area contributed by atoms with Gasteiger partial charge in [0.1, 0.15) is 5.82 Å². The molecular weight excluding hydrogens is 360 g/mol. The van der Waals surface area contributed by atoms with Crippen LogP contribution in [0.4, 0.5) is 11.8 Å². The zero-order chi connectivity index (χ0) is 19.8. The Kier molecular flexibility index (Phi) is 4.79. The summed E-state index contributed by atoms with van der Waals surface area (Å²) >= 11 is 0. The van der Waals surface area contributed by atoms with Gasteiger partial charge in [0.25, 0.3) is 0 Å². The van der Waals surface area contributed by atoms with E-state index < -0.39 is 0 Å². The van der Waals surface area contributed by atoms with Crippen LogP contribution in [0.25, 0.3) is 11.0 Å². The number of nitrogens with zero attached hydrogens (tertiary/aromatic N) is 4. The second kappa shape index (κ2) is 7.59. The summed E-state index contributed by atoms with van der Waals surface area (Å²) in [5.41, 5.74) is 12.2.